The molecule has 0 aromatic rings. The van der Waals surface area contributed by atoms with Crippen LogP contribution in [0.4, 0.5) is 0 Å². The third-order valence-corrected chi connectivity index (χ3v) is 3.31. The molecule has 0 aliphatic rings. The van der Waals surface area contributed by atoms with E-state index >= 15 is 0 Å². The Morgan fingerprint density at radius 1 is 1.29 bits per heavy atom. The zero-order valence-electron chi connectivity index (χ0n) is 14.5. The van der Waals surface area contributed by atoms with Gasteiger partial charge >= 0.3 is 0 Å². The van der Waals surface area contributed by atoms with Crippen molar-refractivity contribution in [2.45, 2.75) is 46.1 Å². The molecule has 0 aromatic carbocycles. The Balaban J connectivity index is 4.36. The van der Waals surface area contributed by atoms with Crippen molar-refractivity contribution in [3.63, 3.8) is 0 Å². The van der Waals surface area contributed by atoms with Gasteiger partial charge in [0.05, 0.1) is 6.54 Å². The van der Waals surface area contributed by atoms with Crippen LogP contribution in [0, 0.1) is 0 Å². The van der Waals surface area contributed by atoms with Crippen LogP contribution < -0.4 is 10.6 Å². The number of rotatable bonds is 8. The quantitative estimate of drug-likeness (QED) is 0.408. The molecule has 21 heavy (non-hydrogen) atoms. The topological polar surface area (TPSA) is 56.7 Å². The highest BCUT2D eigenvalue weighted by Crippen LogP contribution is 2.00. The first-order chi connectivity index (χ1) is 9.80. The van der Waals surface area contributed by atoms with Gasteiger partial charge in [0, 0.05) is 25.7 Å². The van der Waals surface area contributed by atoms with Gasteiger partial charge in [-0.2, -0.15) is 11.8 Å². The van der Waals surface area contributed by atoms with Gasteiger partial charge in [0.2, 0.25) is 5.91 Å². The van der Waals surface area contributed by atoms with Crippen molar-refractivity contribution in [3.8, 4) is 0 Å². The van der Waals surface area contributed by atoms with Crippen molar-refractivity contribution >= 4 is 23.6 Å². The van der Waals surface area contributed by atoms with Gasteiger partial charge < -0.3 is 15.5 Å². The van der Waals surface area contributed by atoms with Crippen molar-refractivity contribution in [3.05, 3.63) is 0 Å². The molecule has 124 valence electrons. The van der Waals surface area contributed by atoms with Gasteiger partial charge in [-0.15, -0.1) is 0 Å². The number of unbranched alkanes of at least 4 members (excludes halogenated alkanes) is 1. The Bertz CT molecular complexity index is 326. The first-order valence-electron chi connectivity index (χ1n) is 7.59. The van der Waals surface area contributed by atoms with Gasteiger partial charge in [0.25, 0.3) is 0 Å². The van der Waals surface area contributed by atoms with Crippen LogP contribution in [-0.4, -0.2) is 61.0 Å². The van der Waals surface area contributed by atoms with Crippen molar-refractivity contribution in [2.24, 2.45) is 4.99 Å². The van der Waals surface area contributed by atoms with Crippen molar-refractivity contribution in [1.29, 1.82) is 0 Å². The molecule has 0 heterocycles. The highest BCUT2D eigenvalue weighted by atomic mass is 32.2. The summed E-state index contributed by atoms with van der Waals surface area (Å²) in [6.07, 6.45) is 4.38. The fourth-order valence-corrected chi connectivity index (χ4v) is 2.25. The lowest BCUT2D eigenvalue weighted by atomic mass is 10.1. The first kappa shape index (κ1) is 20.1. The Kier molecular flexibility index (Phi) is 10.3. The predicted octanol–water partition coefficient (Wildman–Crippen LogP) is 1.94. The van der Waals surface area contributed by atoms with E-state index in [1.54, 1.807) is 0 Å². The second-order valence-electron chi connectivity index (χ2n) is 6.09. The number of carbonyl (C=O) groups excluding carboxylic acids is 1. The summed E-state index contributed by atoms with van der Waals surface area (Å²) < 4.78 is 0. The maximum atomic E-state index is 12.0. The number of hydrogen-bond donors (Lipinski definition) is 2. The minimum absolute atomic E-state index is 0.0120. The van der Waals surface area contributed by atoms with Crippen LogP contribution >= 0.6 is 11.8 Å². The lowest BCUT2D eigenvalue weighted by Crippen LogP contribution is -2.48. The third-order valence-electron chi connectivity index (χ3n) is 2.61. The molecular formula is C15H32N4OS. The summed E-state index contributed by atoms with van der Waals surface area (Å²) in [6.45, 7) is 9.89. The van der Waals surface area contributed by atoms with E-state index in [0.717, 1.165) is 25.5 Å². The second kappa shape index (κ2) is 10.8. The van der Waals surface area contributed by atoms with Crippen LogP contribution in [0.25, 0.3) is 0 Å². The molecule has 1 amide bonds. The van der Waals surface area contributed by atoms with Gasteiger partial charge in [-0.05, 0) is 52.5 Å². The summed E-state index contributed by atoms with van der Waals surface area (Å²) in [6, 6.07) is 0. The average molecular weight is 317 g/mol. The van der Waals surface area contributed by atoms with Crippen LogP contribution in [0.15, 0.2) is 4.99 Å². The van der Waals surface area contributed by atoms with E-state index in [-0.39, 0.29) is 11.4 Å². The van der Waals surface area contributed by atoms with Crippen molar-refractivity contribution in [2.75, 3.05) is 38.7 Å². The van der Waals surface area contributed by atoms with E-state index in [0.29, 0.717) is 6.54 Å². The third kappa shape index (κ3) is 11.4. The molecule has 0 unspecified atom stereocenters. The molecule has 0 aliphatic heterocycles. The summed E-state index contributed by atoms with van der Waals surface area (Å²) >= 11 is 1.86. The van der Waals surface area contributed by atoms with Gasteiger partial charge in [0.15, 0.2) is 5.96 Å². The van der Waals surface area contributed by atoms with Gasteiger partial charge in [-0.3, -0.25) is 9.79 Å². The van der Waals surface area contributed by atoms with Gasteiger partial charge in [-0.1, -0.05) is 0 Å². The molecule has 0 saturated carbocycles. The summed E-state index contributed by atoms with van der Waals surface area (Å²) in [5.41, 5.74) is -0.203. The molecule has 0 fully saturated rings. The molecule has 0 aliphatic carbocycles. The number of carbonyl (C=O) groups is 1. The molecule has 0 rings (SSSR count). The molecule has 0 saturated heterocycles. The SMILES string of the molecule is CCNC(=NCCCCSC)N(C)CC(=O)NC(C)(C)C. The molecule has 0 bridgehead atoms. The highest BCUT2D eigenvalue weighted by Gasteiger charge is 2.16. The van der Waals surface area contributed by atoms with E-state index in [4.69, 9.17) is 0 Å². The summed E-state index contributed by atoms with van der Waals surface area (Å²) in [5, 5.41) is 6.20. The maximum absolute atomic E-state index is 12.0. The minimum atomic E-state index is -0.203. The molecule has 0 radical (unpaired) electrons. The van der Waals surface area contributed by atoms with E-state index in [1.165, 1.54) is 12.2 Å². The molecule has 5 nitrogen and oxygen atoms in total. The zero-order chi connectivity index (χ0) is 16.3. The van der Waals surface area contributed by atoms with E-state index in [2.05, 4.69) is 21.9 Å². The smallest absolute Gasteiger partial charge is 0.240 e. The monoisotopic (exact) mass is 316 g/mol. The maximum Gasteiger partial charge on any atom is 0.240 e. The average Bonchev–Trinajstić information content (AvgIpc) is 2.34. The molecule has 2 N–H and O–H groups in total. The number of guanidine groups is 1. The lowest BCUT2D eigenvalue weighted by Gasteiger charge is -2.25. The number of thioether (sulfide) groups is 1. The van der Waals surface area contributed by atoms with E-state index in [1.807, 2.05) is 51.4 Å². The Morgan fingerprint density at radius 3 is 2.48 bits per heavy atom. The standard InChI is InChI=1S/C15H32N4OS/c1-7-16-14(17-10-8-9-11-21-6)19(5)12-13(20)18-15(2,3)4/h7-12H2,1-6H3,(H,16,17)(H,18,20). The molecule has 0 spiro atoms. The predicted molar refractivity (Wildman–Crippen MR) is 94.1 cm³/mol. The number of hydrogen-bond acceptors (Lipinski definition) is 3. The number of aliphatic imine (C=N–C) groups is 1. The van der Waals surface area contributed by atoms with Gasteiger partial charge in [-0.25, -0.2) is 0 Å². The second-order valence-corrected chi connectivity index (χ2v) is 7.08. The first-order valence-corrected chi connectivity index (χ1v) is 8.99. The van der Waals surface area contributed by atoms with Crippen LogP contribution in [-0.2, 0) is 4.79 Å². The van der Waals surface area contributed by atoms with Gasteiger partial charge in [0.1, 0.15) is 0 Å². The van der Waals surface area contributed by atoms with Crippen molar-refractivity contribution in [1.82, 2.24) is 15.5 Å². The summed E-state index contributed by atoms with van der Waals surface area (Å²) in [5.74, 6) is 1.99. The normalized spacial score (nSPS) is 12.2. The Morgan fingerprint density at radius 2 is 1.95 bits per heavy atom. The van der Waals surface area contributed by atoms with Crippen molar-refractivity contribution < 1.29 is 4.79 Å². The fraction of sp³-hybridized carbons (Fsp3) is 0.867. The van der Waals surface area contributed by atoms with E-state index in [9.17, 15) is 4.79 Å². The molecule has 0 aromatic heterocycles. The summed E-state index contributed by atoms with van der Waals surface area (Å²) in [7, 11) is 1.89. The Labute approximate surface area is 134 Å². The fourth-order valence-electron chi connectivity index (χ4n) is 1.76. The largest absolute Gasteiger partial charge is 0.357 e. The molecular weight excluding hydrogens is 284 g/mol. The number of nitrogens with zero attached hydrogens (tertiary/aromatic N) is 2. The van der Waals surface area contributed by atoms with Crippen LogP contribution in [0.3, 0.4) is 0 Å². The Hall–Kier alpha value is -0.910. The number of nitrogens with one attached hydrogen (secondary N) is 2. The van der Waals surface area contributed by atoms with Crippen LogP contribution in [0.2, 0.25) is 0 Å². The number of likely N-dealkylation sites (N-methyl/N-ethyl adjacent to an activating group) is 1. The minimum Gasteiger partial charge on any atom is -0.357 e. The lowest BCUT2D eigenvalue weighted by molar-refractivity contribution is -0.122. The van der Waals surface area contributed by atoms with E-state index < -0.39 is 0 Å². The highest BCUT2D eigenvalue weighted by molar-refractivity contribution is 7.98. The van der Waals surface area contributed by atoms with Crippen LogP contribution in [0.1, 0.15) is 40.5 Å². The number of amides is 1. The summed E-state index contributed by atoms with van der Waals surface area (Å²) in [4.78, 5) is 18.4. The van der Waals surface area contributed by atoms with Crippen LogP contribution in [0.5, 0.6) is 0 Å². The molecule has 6 heteroatoms. The zero-order valence-corrected chi connectivity index (χ0v) is 15.3. The molecule has 0 atom stereocenters.